The lowest BCUT2D eigenvalue weighted by Crippen LogP contribution is -2.36. The Balaban J connectivity index is 1.26. The van der Waals surface area contributed by atoms with Crippen molar-refractivity contribution in [3.05, 3.63) is 24.0 Å². The van der Waals surface area contributed by atoms with Gasteiger partial charge < -0.3 is 14.8 Å². The van der Waals surface area contributed by atoms with Crippen LogP contribution in [-0.4, -0.2) is 62.7 Å². The van der Waals surface area contributed by atoms with Crippen LogP contribution in [0.4, 0.5) is 15.6 Å². The molecule has 0 spiro atoms. The van der Waals surface area contributed by atoms with Crippen LogP contribution in [0.1, 0.15) is 18.4 Å². The summed E-state index contributed by atoms with van der Waals surface area (Å²) >= 11 is 2.67. The predicted octanol–water partition coefficient (Wildman–Crippen LogP) is 3.39. The largest absolute Gasteiger partial charge is 0.370 e. The highest BCUT2D eigenvalue weighted by molar-refractivity contribution is 7.98. The van der Waals surface area contributed by atoms with Gasteiger partial charge in [-0.15, -0.1) is 0 Å². The summed E-state index contributed by atoms with van der Waals surface area (Å²) in [7, 11) is 2.07. The van der Waals surface area contributed by atoms with Crippen LogP contribution in [0.5, 0.6) is 0 Å². The number of aromatic amines is 1. The number of carbonyl (C=O) groups is 1. The highest BCUT2D eigenvalue weighted by Crippen LogP contribution is 2.42. The first-order chi connectivity index (χ1) is 15.1. The number of amides is 2. The van der Waals surface area contributed by atoms with Crippen molar-refractivity contribution in [2.24, 2.45) is 11.8 Å². The standard InChI is InChI=1S/C20H22N8OS2/c1-27(16-13(7-21)8-23-17-15(16)3-4-22-17)14-5-11-9-28(10-12(11)6-14)20(29)25-18-24-19(30-2)26-31-18/h3-4,8,11-12,14H,5-6,9-10H2,1-2H3,(H,22,23)(H,24,25,26,29)/t11-,12?,14?/m0/s1. The van der Waals surface area contributed by atoms with E-state index in [1.165, 1.54) is 23.3 Å². The molecule has 9 nitrogen and oxygen atoms in total. The first-order valence-electron chi connectivity index (χ1n) is 10.1. The van der Waals surface area contributed by atoms with Gasteiger partial charge in [-0.2, -0.15) is 14.6 Å². The maximum Gasteiger partial charge on any atom is 0.323 e. The van der Waals surface area contributed by atoms with Gasteiger partial charge in [-0.05, 0) is 37.0 Å². The Labute approximate surface area is 188 Å². The minimum absolute atomic E-state index is 0.0990. The Kier molecular flexibility index (Phi) is 5.19. The number of urea groups is 1. The molecule has 2 unspecified atom stereocenters. The lowest BCUT2D eigenvalue weighted by atomic mass is 10.0. The third-order valence-corrected chi connectivity index (χ3v) is 7.69. The molecule has 1 aliphatic carbocycles. The molecule has 5 rings (SSSR count). The van der Waals surface area contributed by atoms with Gasteiger partial charge in [0.2, 0.25) is 10.3 Å². The molecule has 160 valence electrons. The SMILES string of the molecule is CSc1nsc(NC(=O)N2CC3CC(N(C)c4c(C#N)cnc5[nH]ccc45)C[C@H]3C2)n1. The van der Waals surface area contributed by atoms with Crippen molar-refractivity contribution in [3.8, 4) is 6.07 Å². The third kappa shape index (κ3) is 3.59. The zero-order chi connectivity index (χ0) is 21.5. The first kappa shape index (κ1) is 20.1. The summed E-state index contributed by atoms with van der Waals surface area (Å²) in [5.74, 6) is 0.923. The second-order valence-electron chi connectivity index (χ2n) is 8.05. The second kappa shape index (κ2) is 8.01. The normalized spacial score (nSPS) is 22.5. The van der Waals surface area contributed by atoms with E-state index in [9.17, 15) is 10.1 Å². The fraction of sp³-hybridized carbons (Fsp3) is 0.450. The Morgan fingerprint density at radius 1 is 1.42 bits per heavy atom. The number of nitrogens with one attached hydrogen (secondary N) is 2. The molecular weight excluding hydrogens is 432 g/mol. The summed E-state index contributed by atoms with van der Waals surface area (Å²) in [5.41, 5.74) is 2.33. The average Bonchev–Trinajstić information content (AvgIpc) is 3.54. The quantitative estimate of drug-likeness (QED) is 0.581. The number of pyridine rings is 1. The maximum atomic E-state index is 12.7. The van der Waals surface area contributed by atoms with Crippen LogP contribution in [0.25, 0.3) is 11.0 Å². The van der Waals surface area contributed by atoms with Crippen LogP contribution < -0.4 is 10.2 Å². The molecule has 3 atom stereocenters. The number of anilines is 2. The van der Waals surface area contributed by atoms with E-state index in [0.717, 1.165) is 42.7 Å². The van der Waals surface area contributed by atoms with Gasteiger partial charge in [-0.25, -0.2) is 9.78 Å². The lowest BCUT2D eigenvalue weighted by Gasteiger charge is -2.29. The molecule has 2 amide bonds. The molecule has 2 fully saturated rings. The van der Waals surface area contributed by atoms with E-state index in [1.54, 1.807) is 6.20 Å². The molecule has 0 radical (unpaired) electrons. The van der Waals surface area contributed by atoms with E-state index in [4.69, 9.17) is 0 Å². The van der Waals surface area contributed by atoms with E-state index in [0.29, 0.717) is 33.7 Å². The number of rotatable bonds is 4. The molecular formula is C20H22N8OS2. The van der Waals surface area contributed by atoms with E-state index in [1.807, 2.05) is 23.4 Å². The molecule has 0 bridgehead atoms. The van der Waals surface area contributed by atoms with Crippen LogP contribution in [0.15, 0.2) is 23.6 Å². The third-order valence-electron chi connectivity index (χ3n) is 6.40. The lowest BCUT2D eigenvalue weighted by molar-refractivity contribution is 0.218. The number of hydrogen-bond acceptors (Lipinski definition) is 8. The molecule has 11 heteroatoms. The second-order valence-corrected chi connectivity index (χ2v) is 9.58. The van der Waals surface area contributed by atoms with Crippen molar-refractivity contribution in [3.63, 3.8) is 0 Å². The van der Waals surface area contributed by atoms with Gasteiger partial charge in [-0.1, -0.05) is 11.8 Å². The molecule has 4 heterocycles. The van der Waals surface area contributed by atoms with Crippen molar-refractivity contribution < 1.29 is 4.79 Å². The van der Waals surface area contributed by atoms with Crippen molar-refractivity contribution in [2.45, 2.75) is 24.0 Å². The molecule has 1 saturated heterocycles. The van der Waals surface area contributed by atoms with Crippen molar-refractivity contribution in [2.75, 3.05) is 36.6 Å². The van der Waals surface area contributed by atoms with Crippen LogP contribution in [0.3, 0.4) is 0 Å². The van der Waals surface area contributed by atoms with E-state index in [-0.39, 0.29) is 6.03 Å². The number of carbonyl (C=O) groups excluding carboxylic acids is 1. The van der Waals surface area contributed by atoms with E-state index < -0.39 is 0 Å². The summed E-state index contributed by atoms with van der Waals surface area (Å²) in [4.78, 5) is 28.6. The van der Waals surface area contributed by atoms with E-state index >= 15 is 0 Å². The number of nitrogens with zero attached hydrogens (tertiary/aromatic N) is 6. The zero-order valence-corrected chi connectivity index (χ0v) is 18.8. The Morgan fingerprint density at radius 2 is 2.19 bits per heavy atom. The Hall–Kier alpha value is -2.84. The summed E-state index contributed by atoms with van der Waals surface area (Å²) in [5, 5.41) is 14.7. The van der Waals surface area contributed by atoms with Gasteiger partial charge in [0.25, 0.3) is 0 Å². The zero-order valence-electron chi connectivity index (χ0n) is 17.2. The fourth-order valence-electron chi connectivity index (χ4n) is 4.90. The molecule has 1 aliphatic heterocycles. The van der Waals surface area contributed by atoms with Gasteiger partial charge in [-0.3, -0.25) is 5.32 Å². The number of thioether (sulfide) groups is 1. The van der Waals surface area contributed by atoms with Gasteiger partial charge in [0, 0.05) is 55.5 Å². The summed E-state index contributed by atoms with van der Waals surface area (Å²) in [6.07, 6.45) is 7.41. The minimum atomic E-state index is -0.0990. The highest BCUT2D eigenvalue weighted by atomic mass is 32.2. The number of H-pyrrole nitrogens is 1. The van der Waals surface area contributed by atoms with Crippen LogP contribution >= 0.6 is 23.3 Å². The number of hydrogen-bond donors (Lipinski definition) is 2. The fourth-order valence-corrected chi connectivity index (χ4v) is 6.02. The molecule has 31 heavy (non-hydrogen) atoms. The predicted molar refractivity (Wildman–Crippen MR) is 121 cm³/mol. The van der Waals surface area contributed by atoms with E-state index in [2.05, 4.69) is 42.7 Å². The smallest absolute Gasteiger partial charge is 0.323 e. The van der Waals surface area contributed by atoms with Crippen LogP contribution in [0.2, 0.25) is 0 Å². The summed E-state index contributed by atoms with van der Waals surface area (Å²) < 4.78 is 4.19. The monoisotopic (exact) mass is 454 g/mol. The molecule has 1 saturated carbocycles. The van der Waals surface area contributed by atoms with Crippen LogP contribution in [0, 0.1) is 23.2 Å². The van der Waals surface area contributed by atoms with Gasteiger partial charge in [0.05, 0.1) is 11.3 Å². The molecule has 2 aliphatic rings. The van der Waals surface area contributed by atoms with Gasteiger partial charge in [0.1, 0.15) is 11.7 Å². The number of aromatic nitrogens is 4. The molecule has 0 aromatic carbocycles. The Bertz CT molecular complexity index is 1150. The number of fused-ring (bicyclic) bond motifs is 2. The Morgan fingerprint density at radius 3 is 2.87 bits per heavy atom. The summed E-state index contributed by atoms with van der Waals surface area (Å²) in [6, 6.07) is 4.51. The van der Waals surface area contributed by atoms with Crippen molar-refractivity contribution in [1.82, 2.24) is 24.2 Å². The molecule has 3 aromatic rings. The van der Waals surface area contributed by atoms with Gasteiger partial charge >= 0.3 is 6.03 Å². The van der Waals surface area contributed by atoms with Crippen molar-refractivity contribution >= 4 is 51.2 Å². The maximum absolute atomic E-state index is 12.7. The average molecular weight is 455 g/mol. The number of likely N-dealkylation sites (tertiary alicyclic amines) is 1. The molecule has 2 N–H and O–H groups in total. The van der Waals surface area contributed by atoms with Crippen LogP contribution in [-0.2, 0) is 0 Å². The minimum Gasteiger partial charge on any atom is -0.370 e. The van der Waals surface area contributed by atoms with Gasteiger partial charge in [0.15, 0.2) is 0 Å². The summed E-state index contributed by atoms with van der Waals surface area (Å²) in [6.45, 7) is 1.49. The highest BCUT2D eigenvalue weighted by Gasteiger charge is 2.44. The molecule has 3 aromatic heterocycles. The number of nitriles is 1. The first-order valence-corrected chi connectivity index (χ1v) is 12.1. The topological polar surface area (TPSA) is 114 Å². The van der Waals surface area contributed by atoms with Crippen molar-refractivity contribution in [1.29, 1.82) is 5.26 Å².